The van der Waals surface area contributed by atoms with Crippen molar-refractivity contribution in [3.63, 3.8) is 0 Å². The standard InChI is InChI=1S/C66H83N3O15/c1-8-51(48-39-43(2)46(5)60(40-48)78-7)63(73)68-31-14-11-22-55(68)66(76)84-58(30-27-47-26-29-56(77-6)44(3)38-47)52-20-9-10-23-57(52)82-41-49(70)18-12-15-32-79-34-36-81-37-35-80-33-16-13-19-50(71)42-83-59-24-17-21-53-61(59)65(75)69(64(53)74)54-28-25-45(4)67-62(54)72/h9-10,17,20-21,23-24,26,29,38-40,51,54-55,58H,4,8,11-16,18-19,22,25,27-28,30-37,41-42H2,1-3,5-7H3,(H,67,72)/t51-,54?,55-,58+/m0/s1. The number of unbranched alkanes of at least 4 members (excludes halogenated alkanes) is 2. The number of hydrogen-bond donors (Lipinski definition) is 1. The number of Topliss-reactive ketones (excluding diaryl/α,β-unsaturated/α-hetero) is 2. The number of carbonyl (C=O) groups is 7. The predicted molar refractivity (Wildman–Crippen MR) is 315 cm³/mol. The third-order valence-electron chi connectivity index (χ3n) is 15.8. The number of para-hydroxylation sites is 1. The largest absolute Gasteiger partial charge is 0.496 e. The van der Waals surface area contributed by atoms with Crippen LogP contribution in [0.2, 0.25) is 0 Å². The van der Waals surface area contributed by atoms with E-state index in [0.717, 1.165) is 57.1 Å². The Labute approximate surface area is 493 Å². The zero-order valence-electron chi connectivity index (χ0n) is 49.7. The number of hydrogen-bond acceptors (Lipinski definition) is 15. The first kappa shape index (κ1) is 64.2. The van der Waals surface area contributed by atoms with Gasteiger partial charge in [-0.3, -0.25) is 33.7 Å². The van der Waals surface area contributed by atoms with E-state index in [9.17, 15) is 33.6 Å². The Morgan fingerprint density at radius 3 is 2.00 bits per heavy atom. The Kier molecular flexibility index (Phi) is 24.5. The van der Waals surface area contributed by atoms with E-state index in [0.29, 0.717) is 127 Å². The minimum Gasteiger partial charge on any atom is -0.496 e. The molecule has 4 amide bonds. The number of rotatable bonds is 34. The molecule has 2 saturated heterocycles. The third kappa shape index (κ3) is 17.1. The van der Waals surface area contributed by atoms with Gasteiger partial charge in [-0.05, 0) is 156 Å². The number of ether oxygens (including phenoxy) is 8. The Morgan fingerprint density at radius 1 is 0.690 bits per heavy atom. The second kappa shape index (κ2) is 32.0. The molecule has 452 valence electrons. The number of esters is 1. The van der Waals surface area contributed by atoms with Gasteiger partial charge in [0.25, 0.3) is 11.8 Å². The number of ketones is 2. The van der Waals surface area contributed by atoms with Crippen molar-refractivity contribution in [3.8, 4) is 23.0 Å². The van der Waals surface area contributed by atoms with Crippen molar-refractivity contribution >= 4 is 41.2 Å². The van der Waals surface area contributed by atoms with Crippen LogP contribution in [0.25, 0.3) is 0 Å². The van der Waals surface area contributed by atoms with Gasteiger partial charge in [0.1, 0.15) is 54.4 Å². The van der Waals surface area contributed by atoms with Gasteiger partial charge in [0.15, 0.2) is 11.6 Å². The molecule has 2 fully saturated rings. The van der Waals surface area contributed by atoms with Crippen LogP contribution in [0.5, 0.6) is 23.0 Å². The van der Waals surface area contributed by atoms with Gasteiger partial charge in [-0.15, -0.1) is 0 Å². The topological polar surface area (TPSA) is 212 Å². The van der Waals surface area contributed by atoms with Crippen molar-refractivity contribution in [2.75, 3.05) is 73.6 Å². The Bertz CT molecular complexity index is 2970. The van der Waals surface area contributed by atoms with E-state index in [4.69, 9.17) is 37.9 Å². The summed E-state index contributed by atoms with van der Waals surface area (Å²) in [5.74, 6) is -0.832. The number of imide groups is 1. The molecular formula is C66H83N3O15. The molecule has 84 heavy (non-hydrogen) atoms. The van der Waals surface area contributed by atoms with Crippen molar-refractivity contribution in [2.24, 2.45) is 0 Å². The number of nitrogens with zero attached hydrogens (tertiary/aromatic N) is 2. The lowest BCUT2D eigenvalue weighted by molar-refractivity contribution is -0.162. The molecule has 0 radical (unpaired) electrons. The molecule has 1 N–H and O–H groups in total. The summed E-state index contributed by atoms with van der Waals surface area (Å²) < 4.78 is 46.6. The first-order valence-corrected chi connectivity index (χ1v) is 29.5. The van der Waals surface area contributed by atoms with Gasteiger partial charge in [0.05, 0.1) is 57.7 Å². The third-order valence-corrected chi connectivity index (χ3v) is 15.8. The fourth-order valence-corrected chi connectivity index (χ4v) is 11.0. The number of aryl methyl sites for hydroxylation is 3. The minimum absolute atomic E-state index is 0.0553. The van der Waals surface area contributed by atoms with Crippen LogP contribution in [0.4, 0.5) is 0 Å². The van der Waals surface area contributed by atoms with Gasteiger partial charge in [-0.25, -0.2) is 4.79 Å². The number of allylic oxidation sites excluding steroid dienone is 1. The lowest BCUT2D eigenvalue weighted by atomic mass is 9.90. The highest BCUT2D eigenvalue weighted by Gasteiger charge is 2.46. The molecule has 0 aromatic heterocycles. The molecule has 3 aliphatic rings. The van der Waals surface area contributed by atoms with Gasteiger partial charge in [0.2, 0.25) is 11.8 Å². The van der Waals surface area contributed by atoms with Crippen molar-refractivity contribution in [1.82, 2.24) is 15.1 Å². The Hall–Kier alpha value is -7.41. The molecule has 3 aliphatic heterocycles. The highest BCUT2D eigenvalue weighted by molar-refractivity contribution is 6.24. The van der Waals surface area contributed by atoms with Crippen molar-refractivity contribution in [2.45, 2.75) is 142 Å². The number of amides is 4. The van der Waals surface area contributed by atoms with Gasteiger partial charge in [-0.2, -0.15) is 0 Å². The SMILES string of the molecule is C=C1CCC(N2C(=O)c3cccc(OCC(=O)CCCCOCCOCCOCCCCC(=O)COc4ccccc4[C@@H](CCc4ccc(OC)c(C)c4)OC(=O)[C@@H]4CCCCN4C(=O)[C@@H](CC)c4cc(C)c(C)c(OC)c4)c3C2=O)C(=O)N1. The van der Waals surface area contributed by atoms with Crippen LogP contribution < -0.4 is 24.3 Å². The fraction of sp³-hybridized carbons (Fsp3) is 0.500. The van der Waals surface area contributed by atoms with Gasteiger partial charge in [-0.1, -0.05) is 56.0 Å². The van der Waals surface area contributed by atoms with Crippen LogP contribution in [-0.4, -0.2) is 137 Å². The normalized spacial score (nSPS) is 16.6. The molecule has 18 heteroatoms. The summed E-state index contributed by atoms with van der Waals surface area (Å²) in [6.07, 6.45) is 6.67. The van der Waals surface area contributed by atoms with Crippen LogP contribution in [0.3, 0.4) is 0 Å². The van der Waals surface area contributed by atoms with Crippen molar-refractivity contribution < 1.29 is 71.5 Å². The summed E-state index contributed by atoms with van der Waals surface area (Å²) in [5.41, 5.74) is 6.32. The molecule has 3 heterocycles. The number of carbonyl (C=O) groups excluding carboxylic acids is 7. The maximum absolute atomic E-state index is 14.5. The second-order valence-electron chi connectivity index (χ2n) is 21.7. The summed E-state index contributed by atoms with van der Waals surface area (Å²) in [7, 11) is 3.27. The van der Waals surface area contributed by atoms with Crippen LogP contribution in [0.15, 0.2) is 85.1 Å². The first-order valence-electron chi connectivity index (χ1n) is 29.5. The molecule has 4 atom stereocenters. The molecular weight excluding hydrogens is 1070 g/mol. The van der Waals surface area contributed by atoms with E-state index in [1.807, 2.05) is 70.2 Å². The van der Waals surface area contributed by atoms with Crippen LogP contribution in [0, 0.1) is 20.8 Å². The minimum atomic E-state index is -0.944. The number of methoxy groups -OCH3 is 2. The molecule has 1 unspecified atom stereocenters. The van der Waals surface area contributed by atoms with Crippen LogP contribution in [0.1, 0.15) is 157 Å². The molecule has 0 bridgehead atoms. The van der Waals surface area contributed by atoms with E-state index in [1.165, 1.54) is 12.1 Å². The summed E-state index contributed by atoms with van der Waals surface area (Å²) in [6, 6.07) is 20.2. The smallest absolute Gasteiger partial charge is 0.329 e. The molecule has 0 aliphatic carbocycles. The molecule has 0 saturated carbocycles. The molecule has 0 spiro atoms. The number of likely N-dealkylation sites (tertiary alicyclic amines) is 1. The number of piperidine rings is 2. The summed E-state index contributed by atoms with van der Waals surface area (Å²) in [6.45, 7) is 14.2. The van der Waals surface area contributed by atoms with E-state index >= 15 is 0 Å². The van der Waals surface area contributed by atoms with E-state index < -0.39 is 47.8 Å². The Morgan fingerprint density at radius 2 is 1.35 bits per heavy atom. The fourth-order valence-electron chi connectivity index (χ4n) is 11.0. The quantitative estimate of drug-likeness (QED) is 0.0262. The zero-order chi connectivity index (χ0) is 60.1. The highest BCUT2D eigenvalue weighted by atomic mass is 16.6. The Balaban J connectivity index is 0.785. The van der Waals surface area contributed by atoms with E-state index in [-0.39, 0.29) is 60.4 Å². The van der Waals surface area contributed by atoms with E-state index in [2.05, 4.69) is 18.0 Å². The number of nitrogens with one attached hydrogen (secondary N) is 1. The molecule has 18 nitrogen and oxygen atoms in total. The molecule has 4 aromatic carbocycles. The van der Waals surface area contributed by atoms with Crippen LogP contribution in [-0.2, 0) is 49.3 Å². The summed E-state index contributed by atoms with van der Waals surface area (Å²) in [5, 5.41) is 2.61. The summed E-state index contributed by atoms with van der Waals surface area (Å²) >= 11 is 0. The van der Waals surface area contributed by atoms with Crippen LogP contribution >= 0.6 is 0 Å². The highest BCUT2D eigenvalue weighted by Crippen LogP contribution is 2.37. The monoisotopic (exact) mass is 1160 g/mol. The van der Waals surface area contributed by atoms with Gasteiger partial charge in [0, 0.05) is 43.9 Å². The number of fused-ring (bicyclic) bond motifs is 1. The average Bonchev–Trinajstić information content (AvgIpc) is 1.90. The maximum atomic E-state index is 14.5. The number of benzene rings is 4. The summed E-state index contributed by atoms with van der Waals surface area (Å²) in [4.78, 5) is 96.6. The van der Waals surface area contributed by atoms with Crippen molar-refractivity contribution in [1.29, 1.82) is 0 Å². The predicted octanol–water partition coefficient (Wildman–Crippen LogP) is 9.80. The lowest BCUT2D eigenvalue weighted by Gasteiger charge is -2.37. The second-order valence-corrected chi connectivity index (χ2v) is 21.7. The van der Waals surface area contributed by atoms with Gasteiger partial charge >= 0.3 is 5.97 Å². The van der Waals surface area contributed by atoms with Gasteiger partial charge < -0.3 is 48.1 Å². The molecule has 4 aromatic rings. The maximum Gasteiger partial charge on any atom is 0.329 e. The average molecular weight is 1160 g/mol. The lowest BCUT2D eigenvalue weighted by Crippen LogP contribution is -2.51. The first-order chi connectivity index (χ1) is 40.6. The molecule has 7 rings (SSSR count). The van der Waals surface area contributed by atoms with Crippen molar-refractivity contribution in [3.05, 3.63) is 130 Å². The zero-order valence-corrected chi connectivity index (χ0v) is 49.7. The van der Waals surface area contributed by atoms with E-state index in [1.54, 1.807) is 31.3 Å².